The first-order valence-electron chi connectivity index (χ1n) is 8.67. The molecule has 5 heteroatoms. The Labute approximate surface area is 143 Å². The standard InChI is InChI=1S/C19H24N4O/c1-14-9-19(21-13-20-14)22(2)17-5-7-23(12-17)11-15-3-4-18-16(10-15)6-8-24-18/h3-4,9-10,13,17H,5-8,11-12H2,1-2H3. The Morgan fingerprint density at radius 3 is 3.08 bits per heavy atom. The number of ether oxygens (including phenoxy) is 1. The van der Waals surface area contributed by atoms with Crippen LogP contribution in [0.3, 0.4) is 0 Å². The number of aryl methyl sites for hydroxylation is 1. The summed E-state index contributed by atoms with van der Waals surface area (Å²) < 4.78 is 5.60. The van der Waals surface area contributed by atoms with Gasteiger partial charge in [0.05, 0.1) is 6.61 Å². The molecule has 3 heterocycles. The molecule has 5 nitrogen and oxygen atoms in total. The summed E-state index contributed by atoms with van der Waals surface area (Å²) in [4.78, 5) is 13.4. The third kappa shape index (κ3) is 3.08. The van der Waals surface area contributed by atoms with Gasteiger partial charge in [0, 0.05) is 50.9 Å². The summed E-state index contributed by atoms with van der Waals surface area (Å²) in [6, 6.07) is 9.21. The molecule has 24 heavy (non-hydrogen) atoms. The lowest BCUT2D eigenvalue weighted by Crippen LogP contribution is -2.35. The molecule has 1 aromatic carbocycles. The van der Waals surface area contributed by atoms with Crippen LogP contribution in [0.2, 0.25) is 0 Å². The number of hydrogen-bond donors (Lipinski definition) is 0. The quantitative estimate of drug-likeness (QED) is 0.864. The van der Waals surface area contributed by atoms with Crippen molar-refractivity contribution in [1.29, 1.82) is 0 Å². The zero-order chi connectivity index (χ0) is 16.5. The van der Waals surface area contributed by atoms with Gasteiger partial charge in [-0.2, -0.15) is 0 Å². The van der Waals surface area contributed by atoms with E-state index in [1.165, 1.54) is 17.5 Å². The zero-order valence-electron chi connectivity index (χ0n) is 14.4. The Morgan fingerprint density at radius 2 is 2.21 bits per heavy atom. The number of anilines is 1. The molecule has 1 saturated heterocycles. The lowest BCUT2D eigenvalue weighted by atomic mass is 10.1. The smallest absolute Gasteiger partial charge is 0.132 e. The van der Waals surface area contributed by atoms with E-state index in [1.54, 1.807) is 6.33 Å². The lowest BCUT2D eigenvalue weighted by molar-refractivity contribution is 0.325. The van der Waals surface area contributed by atoms with Crippen molar-refractivity contribution in [1.82, 2.24) is 14.9 Å². The first-order valence-corrected chi connectivity index (χ1v) is 8.67. The maximum Gasteiger partial charge on any atom is 0.132 e. The molecule has 0 bridgehead atoms. The predicted molar refractivity (Wildman–Crippen MR) is 94.5 cm³/mol. The molecule has 0 amide bonds. The van der Waals surface area contributed by atoms with Crippen LogP contribution in [0.15, 0.2) is 30.6 Å². The molecule has 0 aliphatic carbocycles. The first-order chi connectivity index (χ1) is 11.7. The Bertz CT molecular complexity index is 733. The number of likely N-dealkylation sites (tertiary alicyclic amines) is 1. The van der Waals surface area contributed by atoms with Crippen LogP contribution in [-0.4, -0.2) is 47.7 Å². The summed E-state index contributed by atoms with van der Waals surface area (Å²) in [5, 5.41) is 0. The molecule has 4 rings (SSSR count). The maximum absolute atomic E-state index is 5.60. The van der Waals surface area contributed by atoms with Crippen molar-refractivity contribution in [3.8, 4) is 5.75 Å². The summed E-state index contributed by atoms with van der Waals surface area (Å²) in [6.45, 7) is 6.06. The minimum absolute atomic E-state index is 0.511. The molecule has 1 fully saturated rings. The Balaban J connectivity index is 1.39. The second-order valence-corrected chi connectivity index (χ2v) is 6.85. The fourth-order valence-electron chi connectivity index (χ4n) is 3.69. The largest absolute Gasteiger partial charge is 0.493 e. The fraction of sp³-hybridized carbons (Fsp3) is 0.474. The van der Waals surface area contributed by atoms with Gasteiger partial charge in [0.2, 0.25) is 0 Å². The Kier molecular flexibility index (Phi) is 4.10. The number of likely N-dealkylation sites (N-methyl/N-ethyl adjacent to an activating group) is 1. The lowest BCUT2D eigenvalue weighted by Gasteiger charge is -2.26. The van der Waals surface area contributed by atoms with Gasteiger partial charge in [-0.05, 0) is 30.5 Å². The van der Waals surface area contributed by atoms with Crippen molar-refractivity contribution in [3.05, 3.63) is 47.4 Å². The minimum Gasteiger partial charge on any atom is -0.493 e. The molecule has 0 saturated carbocycles. The molecule has 0 N–H and O–H groups in total. The average molecular weight is 324 g/mol. The van der Waals surface area contributed by atoms with Crippen LogP contribution in [0.5, 0.6) is 5.75 Å². The Morgan fingerprint density at radius 1 is 1.29 bits per heavy atom. The number of hydrogen-bond acceptors (Lipinski definition) is 5. The molecular weight excluding hydrogens is 300 g/mol. The van der Waals surface area contributed by atoms with E-state index in [0.717, 1.165) is 49.9 Å². The molecule has 2 aliphatic rings. The normalized spacial score (nSPS) is 20.0. The average Bonchev–Trinajstić information content (AvgIpc) is 3.23. The summed E-state index contributed by atoms with van der Waals surface area (Å²) >= 11 is 0. The van der Waals surface area contributed by atoms with Crippen molar-refractivity contribution in [3.63, 3.8) is 0 Å². The van der Waals surface area contributed by atoms with Crippen LogP contribution < -0.4 is 9.64 Å². The van der Waals surface area contributed by atoms with E-state index in [2.05, 4.69) is 51.1 Å². The highest BCUT2D eigenvalue weighted by atomic mass is 16.5. The maximum atomic E-state index is 5.60. The molecule has 1 unspecified atom stereocenters. The van der Waals surface area contributed by atoms with Gasteiger partial charge in [0.1, 0.15) is 17.9 Å². The van der Waals surface area contributed by atoms with Crippen LogP contribution in [0.1, 0.15) is 23.2 Å². The predicted octanol–water partition coefficient (Wildman–Crippen LogP) is 2.43. The van der Waals surface area contributed by atoms with E-state index in [4.69, 9.17) is 4.74 Å². The number of fused-ring (bicyclic) bond motifs is 1. The Hall–Kier alpha value is -2.14. The molecule has 2 aromatic rings. The highest BCUT2D eigenvalue weighted by molar-refractivity contribution is 5.41. The van der Waals surface area contributed by atoms with Gasteiger partial charge in [-0.25, -0.2) is 9.97 Å². The van der Waals surface area contributed by atoms with Gasteiger partial charge in [-0.1, -0.05) is 12.1 Å². The van der Waals surface area contributed by atoms with Gasteiger partial charge in [-0.15, -0.1) is 0 Å². The number of rotatable bonds is 4. The molecule has 1 aromatic heterocycles. The fourth-order valence-corrected chi connectivity index (χ4v) is 3.69. The van der Waals surface area contributed by atoms with E-state index in [0.29, 0.717) is 6.04 Å². The number of nitrogens with zero attached hydrogens (tertiary/aromatic N) is 4. The van der Waals surface area contributed by atoms with Gasteiger partial charge in [0.25, 0.3) is 0 Å². The third-order valence-corrected chi connectivity index (χ3v) is 5.11. The van der Waals surface area contributed by atoms with E-state index in [-0.39, 0.29) is 0 Å². The second-order valence-electron chi connectivity index (χ2n) is 6.85. The summed E-state index contributed by atoms with van der Waals surface area (Å²) in [6.07, 6.45) is 3.87. The summed E-state index contributed by atoms with van der Waals surface area (Å²) in [5.41, 5.74) is 3.76. The SMILES string of the molecule is Cc1cc(N(C)C2CCN(Cc3ccc4c(c3)CCO4)C2)ncn1. The van der Waals surface area contributed by atoms with E-state index in [9.17, 15) is 0 Å². The van der Waals surface area contributed by atoms with Gasteiger partial charge in [-0.3, -0.25) is 4.90 Å². The second kappa shape index (κ2) is 6.40. The van der Waals surface area contributed by atoms with Crippen LogP contribution in [0.25, 0.3) is 0 Å². The van der Waals surface area contributed by atoms with Crippen LogP contribution >= 0.6 is 0 Å². The van der Waals surface area contributed by atoms with Crippen molar-refractivity contribution in [2.75, 3.05) is 31.6 Å². The number of benzene rings is 1. The molecular formula is C19H24N4O. The third-order valence-electron chi connectivity index (χ3n) is 5.11. The summed E-state index contributed by atoms with van der Waals surface area (Å²) in [5.74, 6) is 2.08. The van der Waals surface area contributed by atoms with Crippen molar-refractivity contribution in [2.24, 2.45) is 0 Å². The van der Waals surface area contributed by atoms with E-state index < -0.39 is 0 Å². The van der Waals surface area contributed by atoms with Crippen molar-refractivity contribution < 1.29 is 4.74 Å². The van der Waals surface area contributed by atoms with Crippen molar-refractivity contribution in [2.45, 2.75) is 32.4 Å². The molecule has 0 spiro atoms. The van der Waals surface area contributed by atoms with Crippen LogP contribution in [-0.2, 0) is 13.0 Å². The molecule has 2 aliphatic heterocycles. The highest BCUT2D eigenvalue weighted by Gasteiger charge is 2.26. The zero-order valence-corrected chi connectivity index (χ0v) is 14.4. The van der Waals surface area contributed by atoms with Crippen LogP contribution in [0.4, 0.5) is 5.82 Å². The molecule has 0 radical (unpaired) electrons. The summed E-state index contributed by atoms with van der Waals surface area (Å²) in [7, 11) is 2.14. The minimum atomic E-state index is 0.511. The molecule has 1 atom stereocenters. The highest BCUT2D eigenvalue weighted by Crippen LogP contribution is 2.27. The van der Waals surface area contributed by atoms with Gasteiger partial charge < -0.3 is 9.64 Å². The topological polar surface area (TPSA) is 41.5 Å². The first kappa shape index (κ1) is 15.4. The van der Waals surface area contributed by atoms with E-state index >= 15 is 0 Å². The van der Waals surface area contributed by atoms with E-state index in [1.807, 2.05) is 6.92 Å². The molecule has 126 valence electrons. The van der Waals surface area contributed by atoms with Gasteiger partial charge in [0.15, 0.2) is 0 Å². The number of aromatic nitrogens is 2. The van der Waals surface area contributed by atoms with Gasteiger partial charge >= 0.3 is 0 Å². The monoisotopic (exact) mass is 324 g/mol. The van der Waals surface area contributed by atoms with Crippen LogP contribution in [0, 0.1) is 6.92 Å². The van der Waals surface area contributed by atoms with Crippen molar-refractivity contribution >= 4 is 5.82 Å².